The van der Waals surface area contributed by atoms with Crippen LogP contribution in [-0.4, -0.2) is 36.5 Å². The molecule has 6 heteroatoms. The second-order valence-corrected chi connectivity index (χ2v) is 8.00. The first-order chi connectivity index (χ1) is 10.9. The highest BCUT2D eigenvalue weighted by Gasteiger charge is 2.52. The minimum absolute atomic E-state index is 0.159. The zero-order valence-corrected chi connectivity index (χ0v) is 15.6. The number of ether oxygens (including phenoxy) is 2. The Labute approximate surface area is 144 Å². The molecule has 1 aromatic carbocycles. The number of carbonyl (C=O) groups excluding carboxylic acids is 1. The number of hydrogen-bond donors (Lipinski definition) is 0. The highest BCUT2D eigenvalue weighted by atomic mass is 16.7. The van der Waals surface area contributed by atoms with Crippen molar-refractivity contribution in [1.29, 1.82) is 0 Å². The Balaban J connectivity index is 2.10. The van der Waals surface area contributed by atoms with E-state index >= 15 is 0 Å². The maximum absolute atomic E-state index is 11.9. The summed E-state index contributed by atoms with van der Waals surface area (Å²) in [6.45, 7) is 13.3. The van der Waals surface area contributed by atoms with Gasteiger partial charge in [-0.1, -0.05) is 18.2 Å². The molecule has 2 rings (SSSR count). The van der Waals surface area contributed by atoms with Gasteiger partial charge in [0.05, 0.1) is 11.2 Å². The zero-order chi connectivity index (χ0) is 18.2. The Morgan fingerprint density at radius 1 is 1.08 bits per heavy atom. The summed E-state index contributed by atoms with van der Waals surface area (Å²) in [6.07, 6.45) is 0. The molecule has 1 aliphatic heterocycles. The minimum atomic E-state index is -0.537. The van der Waals surface area contributed by atoms with Crippen LogP contribution in [0, 0.1) is 0 Å². The van der Waals surface area contributed by atoms with Gasteiger partial charge in [0, 0.05) is 5.46 Å². The number of hydrogen-bond acceptors (Lipinski definition) is 5. The smallest absolute Gasteiger partial charge is 0.482 e. The molecule has 0 unspecified atom stereocenters. The van der Waals surface area contributed by atoms with E-state index in [9.17, 15) is 4.79 Å². The predicted octanol–water partition coefficient (Wildman–Crippen LogP) is 2.71. The molecule has 1 saturated heterocycles. The first-order valence-electron chi connectivity index (χ1n) is 8.20. The summed E-state index contributed by atoms with van der Waals surface area (Å²) >= 11 is 0. The van der Waals surface area contributed by atoms with Crippen LogP contribution in [0.3, 0.4) is 0 Å². The lowest BCUT2D eigenvalue weighted by Crippen LogP contribution is -2.41. The second kappa shape index (κ2) is 6.41. The summed E-state index contributed by atoms with van der Waals surface area (Å²) in [5.74, 6) is 0.146. The fraction of sp³-hybridized carbons (Fsp3) is 0.611. The van der Waals surface area contributed by atoms with E-state index in [0.717, 1.165) is 5.46 Å². The summed E-state index contributed by atoms with van der Waals surface area (Å²) in [6, 6.07) is 7.41. The van der Waals surface area contributed by atoms with Crippen molar-refractivity contribution in [3.05, 3.63) is 24.3 Å². The highest BCUT2D eigenvalue weighted by molar-refractivity contribution is 6.63. The molecule has 0 atom stereocenters. The third-order valence-corrected chi connectivity index (χ3v) is 4.19. The molecule has 0 radical (unpaired) electrons. The van der Waals surface area contributed by atoms with Gasteiger partial charge in [0.15, 0.2) is 6.61 Å². The lowest BCUT2D eigenvalue weighted by molar-refractivity contribution is -0.157. The molecule has 0 aromatic heterocycles. The van der Waals surface area contributed by atoms with E-state index in [2.05, 4.69) is 0 Å². The van der Waals surface area contributed by atoms with Gasteiger partial charge in [-0.15, -0.1) is 0 Å². The molecule has 5 nitrogen and oxygen atoms in total. The average molecular weight is 334 g/mol. The van der Waals surface area contributed by atoms with Crippen molar-refractivity contribution in [2.45, 2.75) is 65.3 Å². The molecule has 24 heavy (non-hydrogen) atoms. The lowest BCUT2D eigenvalue weighted by Gasteiger charge is -2.32. The van der Waals surface area contributed by atoms with Crippen molar-refractivity contribution in [2.75, 3.05) is 6.61 Å². The maximum atomic E-state index is 11.9. The van der Waals surface area contributed by atoms with Crippen LogP contribution < -0.4 is 10.2 Å². The topological polar surface area (TPSA) is 54.0 Å². The minimum Gasteiger partial charge on any atom is -0.482 e. The Morgan fingerprint density at radius 3 is 2.17 bits per heavy atom. The molecule has 0 saturated carbocycles. The Morgan fingerprint density at radius 2 is 1.62 bits per heavy atom. The van der Waals surface area contributed by atoms with E-state index in [1.54, 1.807) is 6.07 Å². The third kappa shape index (κ3) is 4.30. The van der Waals surface area contributed by atoms with E-state index < -0.39 is 29.9 Å². The fourth-order valence-corrected chi connectivity index (χ4v) is 2.28. The number of benzene rings is 1. The summed E-state index contributed by atoms with van der Waals surface area (Å²) < 4.78 is 23.0. The normalized spacial score (nSPS) is 19.2. The molecule has 132 valence electrons. The number of rotatable bonds is 4. The molecule has 0 amide bonds. The first-order valence-corrected chi connectivity index (χ1v) is 8.20. The standard InChI is InChI=1S/C18H27BO5/c1-16(2,3)22-15(20)12-21-14-11-9-8-10-13(14)19-23-17(4,5)18(6,7)24-19/h8-11H,12H2,1-7H3. The predicted molar refractivity (Wildman–Crippen MR) is 93.5 cm³/mol. The van der Waals surface area contributed by atoms with E-state index in [1.807, 2.05) is 66.7 Å². The van der Waals surface area contributed by atoms with Crippen molar-refractivity contribution >= 4 is 18.6 Å². The molecule has 1 heterocycles. The monoisotopic (exact) mass is 334 g/mol. The Kier molecular flexibility index (Phi) is 5.02. The fourth-order valence-electron chi connectivity index (χ4n) is 2.28. The molecular formula is C18H27BO5. The molecule has 1 aromatic rings. The van der Waals surface area contributed by atoms with Gasteiger partial charge in [-0.2, -0.15) is 0 Å². The summed E-state index contributed by atoms with van der Waals surface area (Å²) in [5, 5.41) is 0. The van der Waals surface area contributed by atoms with Crippen LogP contribution in [0.25, 0.3) is 0 Å². The van der Waals surface area contributed by atoms with Crippen molar-refractivity contribution < 1.29 is 23.6 Å². The number of esters is 1. The van der Waals surface area contributed by atoms with Crippen LogP contribution in [0.4, 0.5) is 0 Å². The van der Waals surface area contributed by atoms with Crippen molar-refractivity contribution in [3.8, 4) is 5.75 Å². The van der Waals surface area contributed by atoms with Crippen molar-refractivity contribution in [2.24, 2.45) is 0 Å². The summed E-state index contributed by atoms with van der Waals surface area (Å²) in [5.41, 5.74) is -0.642. The van der Waals surface area contributed by atoms with Crippen LogP contribution >= 0.6 is 0 Å². The summed E-state index contributed by atoms with van der Waals surface area (Å²) in [4.78, 5) is 11.9. The Bertz CT molecular complexity index is 588. The average Bonchev–Trinajstić information content (AvgIpc) is 2.63. The van der Waals surface area contributed by atoms with Gasteiger partial charge in [0.2, 0.25) is 0 Å². The molecule has 0 spiro atoms. The van der Waals surface area contributed by atoms with Gasteiger partial charge in [-0.05, 0) is 54.5 Å². The number of para-hydroxylation sites is 1. The van der Waals surface area contributed by atoms with Crippen molar-refractivity contribution in [1.82, 2.24) is 0 Å². The van der Waals surface area contributed by atoms with Gasteiger partial charge in [0.1, 0.15) is 11.4 Å². The first kappa shape index (κ1) is 18.8. The second-order valence-electron chi connectivity index (χ2n) is 8.00. The summed E-state index contributed by atoms with van der Waals surface area (Å²) in [7, 11) is -0.537. The zero-order valence-electron chi connectivity index (χ0n) is 15.6. The van der Waals surface area contributed by atoms with Gasteiger partial charge < -0.3 is 18.8 Å². The van der Waals surface area contributed by atoms with Crippen LogP contribution in [0.1, 0.15) is 48.5 Å². The highest BCUT2D eigenvalue weighted by Crippen LogP contribution is 2.37. The molecule has 0 N–H and O–H groups in total. The quantitative estimate of drug-likeness (QED) is 0.626. The molecule has 1 aliphatic rings. The van der Waals surface area contributed by atoms with Gasteiger partial charge in [0.25, 0.3) is 0 Å². The van der Waals surface area contributed by atoms with Crippen LogP contribution in [0.2, 0.25) is 0 Å². The largest absolute Gasteiger partial charge is 0.498 e. The third-order valence-electron chi connectivity index (χ3n) is 4.19. The van der Waals surface area contributed by atoms with E-state index in [-0.39, 0.29) is 6.61 Å². The Hall–Kier alpha value is -1.53. The van der Waals surface area contributed by atoms with Crippen molar-refractivity contribution in [3.63, 3.8) is 0 Å². The SMILES string of the molecule is CC(C)(C)OC(=O)COc1ccccc1B1OC(C)(C)C(C)(C)O1. The van der Waals surface area contributed by atoms with E-state index in [0.29, 0.717) is 5.75 Å². The molecular weight excluding hydrogens is 307 g/mol. The number of carbonyl (C=O) groups is 1. The maximum Gasteiger partial charge on any atom is 0.498 e. The lowest BCUT2D eigenvalue weighted by atomic mass is 9.78. The van der Waals surface area contributed by atoms with Crippen LogP contribution in [-0.2, 0) is 18.8 Å². The van der Waals surface area contributed by atoms with Gasteiger partial charge in [-0.3, -0.25) is 0 Å². The molecule has 1 fully saturated rings. The van der Waals surface area contributed by atoms with Crippen LogP contribution in [0.15, 0.2) is 24.3 Å². The van der Waals surface area contributed by atoms with Crippen LogP contribution in [0.5, 0.6) is 5.75 Å². The van der Waals surface area contributed by atoms with E-state index in [4.69, 9.17) is 18.8 Å². The van der Waals surface area contributed by atoms with Gasteiger partial charge >= 0.3 is 13.1 Å². The molecule has 0 aliphatic carbocycles. The van der Waals surface area contributed by atoms with E-state index in [1.165, 1.54) is 0 Å². The molecule has 0 bridgehead atoms. The van der Waals surface area contributed by atoms with Gasteiger partial charge in [-0.25, -0.2) is 4.79 Å².